The van der Waals surface area contributed by atoms with Crippen LogP contribution in [0.5, 0.6) is 5.75 Å². The Kier molecular flexibility index (Phi) is 10.7. The maximum Gasteiger partial charge on any atom is 0.148 e. The van der Waals surface area contributed by atoms with Crippen LogP contribution in [-0.2, 0) is 26.5 Å². The first-order chi connectivity index (χ1) is 33.2. The van der Waals surface area contributed by atoms with Crippen LogP contribution in [0.4, 0.5) is 0 Å². The maximum atomic E-state index is 12.4. The molecule has 0 spiro atoms. The Morgan fingerprint density at radius 1 is 0.600 bits per heavy atom. The molecule has 0 saturated carbocycles. The number of aryl methyl sites for hydroxylation is 2. The van der Waals surface area contributed by atoms with E-state index < -0.39 is 13.7 Å². The molecule has 0 amide bonds. The van der Waals surface area contributed by atoms with Crippen molar-refractivity contribution in [3.05, 3.63) is 192 Å². The van der Waals surface area contributed by atoms with E-state index in [0.717, 1.165) is 66.7 Å². The van der Waals surface area contributed by atoms with Crippen LogP contribution in [0.1, 0.15) is 96.3 Å². The number of rotatable bonds is 9. The van der Waals surface area contributed by atoms with Crippen LogP contribution < -0.4 is 0 Å². The van der Waals surface area contributed by atoms with Gasteiger partial charge in [0.2, 0.25) is 0 Å². The van der Waals surface area contributed by atoms with Crippen molar-refractivity contribution in [3.63, 3.8) is 0 Å². The van der Waals surface area contributed by atoms with Crippen LogP contribution in [0.25, 0.3) is 83.9 Å². The number of phenols is 1. The van der Waals surface area contributed by atoms with Gasteiger partial charge in [0, 0.05) is 46.7 Å². The second kappa shape index (κ2) is 18.3. The Hall–Kier alpha value is -6.35. The Morgan fingerprint density at radius 3 is 1.98 bits per heavy atom. The summed E-state index contributed by atoms with van der Waals surface area (Å²) in [7, 11) is 0. The molecule has 0 aliphatic carbocycles. The van der Waals surface area contributed by atoms with Crippen molar-refractivity contribution in [2.45, 2.75) is 79.4 Å². The van der Waals surface area contributed by atoms with E-state index in [0.29, 0.717) is 33.8 Å². The molecular weight excluding hydrogens is 974 g/mol. The molecule has 0 unspecified atom stereocenters. The minimum absolute atomic E-state index is 0. The molecule has 5 heteroatoms. The van der Waals surface area contributed by atoms with E-state index in [1.165, 1.54) is 0 Å². The molecule has 2 heterocycles. The van der Waals surface area contributed by atoms with Crippen LogP contribution in [0.15, 0.2) is 158 Å². The Bertz CT molecular complexity index is 3390. The monoisotopic (exact) mass is 1040 g/mol. The Labute approximate surface area is 407 Å². The van der Waals surface area contributed by atoms with Gasteiger partial charge in [-0.2, -0.15) is 0 Å². The van der Waals surface area contributed by atoms with Crippen molar-refractivity contribution < 1.29 is 34.4 Å². The smallest absolute Gasteiger partial charge is 0.148 e. The SMILES string of the molecule is [2H]C([2H])([2H])c1ccc(-c2ccnc(-c3[c-]c(-c4cccc5c4nc(-c4cc(C(C)C)cc(C(C)C)c4O)n5-c4ccc(C([2H])([2H])[2H])cc4-c4ccc(C(C)(C)C)cc4)cc(-c4ccccc4)c3)c2)cc1.[Pt]. The number of nitrogens with zero attached hydrogens (tertiary/aromatic N) is 3. The number of para-hydroxylation sites is 1. The van der Waals surface area contributed by atoms with Gasteiger partial charge in [-0.3, -0.25) is 9.55 Å². The molecule has 65 heavy (non-hydrogen) atoms. The molecule has 0 aliphatic rings. The van der Waals surface area contributed by atoms with E-state index in [9.17, 15) is 5.11 Å². The first-order valence-corrected chi connectivity index (χ1v) is 22.0. The molecule has 2 aromatic heterocycles. The van der Waals surface area contributed by atoms with Crippen molar-refractivity contribution in [2.24, 2.45) is 0 Å². The van der Waals surface area contributed by atoms with Crippen LogP contribution >= 0.6 is 0 Å². The first-order valence-electron chi connectivity index (χ1n) is 25.0. The first kappa shape index (κ1) is 38.0. The van der Waals surface area contributed by atoms with Crippen LogP contribution in [-0.4, -0.2) is 19.6 Å². The molecule has 1 N–H and O–H groups in total. The minimum atomic E-state index is -2.36. The largest absolute Gasteiger partial charge is 0.507 e. The van der Waals surface area contributed by atoms with E-state index >= 15 is 0 Å². The number of hydrogen-bond acceptors (Lipinski definition) is 3. The van der Waals surface area contributed by atoms with Gasteiger partial charge in [0.15, 0.2) is 0 Å². The molecule has 9 rings (SSSR count). The summed E-state index contributed by atoms with van der Waals surface area (Å²) in [5.41, 5.74) is 14.4. The van der Waals surface area contributed by atoms with Crippen molar-refractivity contribution in [1.82, 2.24) is 14.5 Å². The van der Waals surface area contributed by atoms with Crippen molar-refractivity contribution in [2.75, 3.05) is 0 Å². The zero-order chi connectivity index (χ0) is 49.9. The second-order valence-corrected chi connectivity index (χ2v) is 18.4. The molecule has 0 fully saturated rings. The van der Waals surface area contributed by atoms with Crippen molar-refractivity contribution in [3.8, 4) is 78.6 Å². The Balaban J connectivity index is 0.00000676. The predicted molar refractivity (Wildman–Crippen MR) is 268 cm³/mol. The number of aromatic nitrogens is 3. The minimum Gasteiger partial charge on any atom is -0.507 e. The summed E-state index contributed by atoms with van der Waals surface area (Å²) in [6.45, 7) is 10.4. The molecule has 328 valence electrons. The zero-order valence-corrected chi connectivity index (χ0v) is 40.0. The molecule has 9 aromatic rings. The van der Waals surface area contributed by atoms with Gasteiger partial charge in [-0.1, -0.05) is 185 Å². The number of hydrogen-bond donors (Lipinski definition) is 1. The molecule has 7 aromatic carbocycles. The summed E-state index contributed by atoms with van der Waals surface area (Å²) in [6, 6.07) is 52.8. The second-order valence-electron chi connectivity index (χ2n) is 18.4. The maximum absolute atomic E-state index is 12.4. The summed E-state index contributed by atoms with van der Waals surface area (Å²) in [6.07, 6.45) is 1.76. The third-order valence-corrected chi connectivity index (χ3v) is 12.2. The Morgan fingerprint density at radius 2 is 1.29 bits per heavy atom. The number of phenolic OH excluding ortho intramolecular Hbond substituents is 1. The van der Waals surface area contributed by atoms with Crippen LogP contribution in [0.3, 0.4) is 0 Å². The van der Waals surface area contributed by atoms with Crippen LogP contribution in [0.2, 0.25) is 0 Å². The summed E-state index contributed by atoms with van der Waals surface area (Å²) in [5.74, 6) is 0.814. The number of aromatic hydroxyl groups is 1. The average molecular weight is 1040 g/mol. The number of imidazole rings is 1. The predicted octanol–water partition coefficient (Wildman–Crippen LogP) is 16.1. The van der Waals surface area contributed by atoms with Gasteiger partial charge in [-0.25, -0.2) is 4.98 Å². The summed E-state index contributed by atoms with van der Waals surface area (Å²) in [5, 5.41) is 12.4. The molecular formula is C60H56N3OPt-. The summed E-state index contributed by atoms with van der Waals surface area (Å²) in [4.78, 5) is 10.4. The molecule has 0 saturated heterocycles. The van der Waals surface area contributed by atoms with Gasteiger partial charge in [0.1, 0.15) is 11.6 Å². The van der Waals surface area contributed by atoms with Gasteiger partial charge in [-0.15, -0.1) is 23.8 Å². The number of fused-ring (bicyclic) bond motifs is 1. The topological polar surface area (TPSA) is 50.9 Å². The number of pyridine rings is 1. The summed E-state index contributed by atoms with van der Waals surface area (Å²) >= 11 is 0. The van der Waals surface area contributed by atoms with Crippen LogP contribution in [0, 0.1) is 19.8 Å². The quantitative estimate of drug-likeness (QED) is 0.147. The molecule has 4 nitrogen and oxygen atoms in total. The van der Waals surface area contributed by atoms with Gasteiger partial charge < -0.3 is 5.11 Å². The fraction of sp³-hybridized carbons (Fsp3) is 0.200. The third-order valence-electron chi connectivity index (χ3n) is 12.2. The average Bonchev–Trinajstić information content (AvgIpc) is 3.72. The van der Waals surface area contributed by atoms with Crippen molar-refractivity contribution >= 4 is 11.0 Å². The van der Waals surface area contributed by atoms with E-state index in [1.54, 1.807) is 30.5 Å². The normalized spacial score (nSPS) is 13.4. The van der Waals surface area contributed by atoms with Gasteiger partial charge in [0.05, 0.1) is 22.3 Å². The van der Waals surface area contributed by atoms with Gasteiger partial charge in [0.25, 0.3) is 0 Å². The molecule has 0 radical (unpaired) electrons. The fourth-order valence-corrected chi connectivity index (χ4v) is 8.55. The fourth-order valence-electron chi connectivity index (χ4n) is 8.55. The van der Waals surface area contributed by atoms with E-state index in [-0.39, 0.29) is 55.2 Å². The number of benzene rings is 7. The van der Waals surface area contributed by atoms with E-state index in [2.05, 4.69) is 114 Å². The molecule has 0 aliphatic heterocycles. The van der Waals surface area contributed by atoms with Gasteiger partial charge >= 0.3 is 0 Å². The zero-order valence-electron chi connectivity index (χ0n) is 43.8. The third kappa shape index (κ3) is 9.02. The molecule has 0 bridgehead atoms. The summed E-state index contributed by atoms with van der Waals surface area (Å²) < 4.78 is 51.1. The van der Waals surface area contributed by atoms with Gasteiger partial charge in [-0.05, 0) is 100 Å². The molecule has 0 atom stereocenters. The van der Waals surface area contributed by atoms with E-state index in [4.69, 9.17) is 18.2 Å². The van der Waals surface area contributed by atoms with Crippen molar-refractivity contribution in [1.29, 1.82) is 0 Å². The standard InChI is InChI=1S/C60H56N3O.Pt/c1-37(2)45-34-51(38(3)4)58(64)53(35-45)59-62-57-50(16-13-17-56(57)63(59)55-27-20-40(6)30-52(55)43-23-25-49(26-24-43)60(7,8)9)47-31-46(41-14-11-10-12-15-41)32-48(33-47)54-36-44(28-29-61-54)42-21-18-39(5)19-22-42;/h10-32,34-38,64H,1-9H3;/q-1;/i5D3,6D3;. The van der Waals surface area contributed by atoms with E-state index in [1.807, 2.05) is 72.8 Å².